The molecule has 1 aliphatic rings. The number of rotatable bonds is 4. The maximum Gasteiger partial charge on any atom is 0.338 e. The third-order valence-electron chi connectivity index (χ3n) is 4.75. The minimum Gasteiger partial charge on any atom is -0.449 e. The summed E-state index contributed by atoms with van der Waals surface area (Å²) in [5.74, 6) is 0.244. The van der Waals surface area contributed by atoms with Crippen molar-refractivity contribution in [1.82, 2.24) is 5.32 Å². The minimum absolute atomic E-state index is 0.151. The molecule has 1 saturated carbocycles. The monoisotopic (exact) mass is 337 g/mol. The Hall–Kier alpha value is -1.55. The maximum absolute atomic E-state index is 12.3. The molecule has 0 aliphatic heterocycles. The van der Waals surface area contributed by atoms with Gasteiger partial charge in [0, 0.05) is 11.1 Å². The van der Waals surface area contributed by atoms with E-state index in [1.165, 1.54) is 12.5 Å². The zero-order chi connectivity index (χ0) is 17.0. The molecular weight excluding hydrogens is 314 g/mol. The van der Waals surface area contributed by atoms with Gasteiger partial charge in [-0.1, -0.05) is 44.4 Å². The lowest BCUT2D eigenvalue weighted by molar-refractivity contribution is -0.130. The standard InChI is InChI=1S/C18H24ClNO3/c1-11-6-4-9-16(12(11)2)20-17(21)13(3)23-18(22)14-7-5-8-15(19)10-14/h5,7-8,10-13,16H,4,6,9H2,1-3H3,(H,20,21)/t11-,12+,13+,16+/m0/s1. The van der Waals surface area contributed by atoms with E-state index in [0.717, 1.165) is 12.8 Å². The van der Waals surface area contributed by atoms with Crippen LogP contribution in [0.2, 0.25) is 5.02 Å². The number of ether oxygens (including phenoxy) is 1. The van der Waals surface area contributed by atoms with Crippen LogP contribution in [0.15, 0.2) is 24.3 Å². The van der Waals surface area contributed by atoms with Crippen LogP contribution in [-0.4, -0.2) is 24.0 Å². The fourth-order valence-electron chi connectivity index (χ4n) is 2.98. The molecule has 0 saturated heterocycles. The molecule has 1 aromatic carbocycles. The second-order valence-corrected chi connectivity index (χ2v) is 6.88. The van der Waals surface area contributed by atoms with Crippen molar-refractivity contribution in [3.63, 3.8) is 0 Å². The predicted molar refractivity (Wildman–Crippen MR) is 90.4 cm³/mol. The minimum atomic E-state index is -0.828. The number of hydrogen-bond acceptors (Lipinski definition) is 3. The zero-order valence-electron chi connectivity index (χ0n) is 13.8. The van der Waals surface area contributed by atoms with E-state index in [1.807, 2.05) is 0 Å². The molecule has 0 aromatic heterocycles. The lowest BCUT2D eigenvalue weighted by Gasteiger charge is -2.35. The topological polar surface area (TPSA) is 55.4 Å². The first kappa shape index (κ1) is 17.8. The number of nitrogens with one attached hydrogen (secondary N) is 1. The van der Waals surface area contributed by atoms with Gasteiger partial charge in [0.25, 0.3) is 5.91 Å². The Kier molecular flexibility index (Phi) is 6.05. The largest absolute Gasteiger partial charge is 0.449 e. The number of amides is 1. The molecule has 0 heterocycles. The van der Waals surface area contributed by atoms with Crippen LogP contribution >= 0.6 is 11.6 Å². The van der Waals surface area contributed by atoms with Gasteiger partial charge in [-0.2, -0.15) is 0 Å². The molecule has 23 heavy (non-hydrogen) atoms. The summed E-state index contributed by atoms with van der Waals surface area (Å²) in [6, 6.07) is 6.65. The van der Waals surface area contributed by atoms with E-state index in [1.54, 1.807) is 25.1 Å². The molecule has 0 bridgehead atoms. The Bertz CT molecular complexity index is 575. The summed E-state index contributed by atoms with van der Waals surface area (Å²) in [5.41, 5.74) is 0.344. The first-order valence-corrected chi connectivity index (χ1v) is 8.53. The van der Waals surface area contributed by atoms with Crippen LogP contribution in [0.5, 0.6) is 0 Å². The average Bonchev–Trinajstić information content (AvgIpc) is 2.51. The Morgan fingerprint density at radius 1 is 1.30 bits per heavy atom. The molecule has 126 valence electrons. The molecule has 0 spiro atoms. The molecule has 5 heteroatoms. The van der Waals surface area contributed by atoms with Crippen molar-refractivity contribution in [2.45, 2.75) is 52.2 Å². The van der Waals surface area contributed by atoms with Crippen LogP contribution in [0.25, 0.3) is 0 Å². The molecule has 1 N–H and O–H groups in total. The summed E-state index contributed by atoms with van der Waals surface area (Å²) in [6.45, 7) is 5.97. The van der Waals surface area contributed by atoms with Gasteiger partial charge in [-0.25, -0.2) is 4.79 Å². The Balaban J connectivity index is 1.91. The second-order valence-electron chi connectivity index (χ2n) is 6.44. The van der Waals surface area contributed by atoms with Crippen LogP contribution in [0.4, 0.5) is 0 Å². The van der Waals surface area contributed by atoms with Crippen molar-refractivity contribution in [3.8, 4) is 0 Å². The summed E-state index contributed by atoms with van der Waals surface area (Å²) in [4.78, 5) is 24.3. The number of halogens is 1. The van der Waals surface area contributed by atoms with Gasteiger partial charge in [-0.3, -0.25) is 4.79 Å². The first-order valence-electron chi connectivity index (χ1n) is 8.15. The maximum atomic E-state index is 12.3. The van der Waals surface area contributed by atoms with E-state index in [-0.39, 0.29) is 11.9 Å². The van der Waals surface area contributed by atoms with Crippen molar-refractivity contribution < 1.29 is 14.3 Å². The normalized spacial score (nSPS) is 25.5. The van der Waals surface area contributed by atoms with E-state index >= 15 is 0 Å². The van der Waals surface area contributed by atoms with E-state index in [4.69, 9.17) is 16.3 Å². The first-order chi connectivity index (χ1) is 10.9. The summed E-state index contributed by atoms with van der Waals surface area (Å²) >= 11 is 5.86. The lowest BCUT2D eigenvalue weighted by atomic mass is 9.78. The second kappa shape index (κ2) is 7.82. The highest BCUT2D eigenvalue weighted by atomic mass is 35.5. The quantitative estimate of drug-likeness (QED) is 0.849. The van der Waals surface area contributed by atoms with E-state index in [2.05, 4.69) is 19.2 Å². The van der Waals surface area contributed by atoms with Gasteiger partial charge in [0.05, 0.1) is 5.56 Å². The number of esters is 1. The molecule has 1 fully saturated rings. The molecule has 1 amide bonds. The lowest BCUT2D eigenvalue weighted by Crippen LogP contribution is -2.47. The van der Waals surface area contributed by atoms with Crippen molar-refractivity contribution in [1.29, 1.82) is 0 Å². The van der Waals surface area contributed by atoms with Crippen molar-refractivity contribution in [3.05, 3.63) is 34.9 Å². The highest BCUT2D eigenvalue weighted by molar-refractivity contribution is 6.30. The van der Waals surface area contributed by atoms with Crippen LogP contribution in [0.3, 0.4) is 0 Å². The number of benzene rings is 1. The fourth-order valence-corrected chi connectivity index (χ4v) is 3.17. The predicted octanol–water partition coefficient (Wildman–Crippen LogP) is 3.83. The fraction of sp³-hybridized carbons (Fsp3) is 0.556. The summed E-state index contributed by atoms with van der Waals surface area (Å²) in [7, 11) is 0. The van der Waals surface area contributed by atoms with Crippen LogP contribution in [-0.2, 0) is 9.53 Å². The van der Waals surface area contributed by atoms with Gasteiger partial charge in [-0.15, -0.1) is 0 Å². The zero-order valence-corrected chi connectivity index (χ0v) is 14.6. The third kappa shape index (κ3) is 4.71. The van der Waals surface area contributed by atoms with E-state index in [0.29, 0.717) is 22.4 Å². The van der Waals surface area contributed by atoms with Gasteiger partial charge >= 0.3 is 5.97 Å². The molecule has 1 aliphatic carbocycles. The average molecular weight is 338 g/mol. The van der Waals surface area contributed by atoms with E-state index in [9.17, 15) is 9.59 Å². The Labute approximate surface area is 142 Å². The van der Waals surface area contributed by atoms with Crippen molar-refractivity contribution >= 4 is 23.5 Å². The van der Waals surface area contributed by atoms with Gasteiger partial charge in [0.2, 0.25) is 0 Å². The SMILES string of the molecule is C[C@@H]1[C@@H](C)CCC[C@H]1NC(=O)[C@@H](C)OC(=O)c1cccc(Cl)c1. The number of hydrogen-bond donors (Lipinski definition) is 1. The molecule has 4 atom stereocenters. The van der Waals surface area contributed by atoms with Crippen molar-refractivity contribution in [2.24, 2.45) is 11.8 Å². The Morgan fingerprint density at radius 3 is 2.74 bits per heavy atom. The summed E-state index contributed by atoms with van der Waals surface area (Å²) in [6.07, 6.45) is 2.47. The van der Waals surface area contributed by atoms with Gasteiger partial charge < -0.3 is 10.1 Å². The van der Waals surface area contributed by atoms with Crippen molar-refractivity contribution in [2.75, 3.05) is 0 Å². The Morgan fingerprint density at radius 2 is 2.04 bits per heavy atom. The smallest absolute Gasteiger partial charge is 0.338 e. The van der Waals surface area contributed by atoms with E-state index < -0.39 is 12.1 Å². The van der Waals surface area contributed by atoms with Gasteiger partial charge in [0.1, 0.15) is 0 Å². The summed E-state index contributed by atoms with van der Waals surface area (Å²) < 4.78 is 5.25. The molecular formula is C18H24ClNO3. The number of carbonyl (C=O) groups excluding carboxylic acids is 2. The molecule has 1 aromatic rings. The highest BCUT2D eigenvalue weighted by Gasteiger charge is 2.30. The molecule has 0 radical (unpaired) electrons. The molecule has 2 rings (SSSR count). The van der Waals surface area contributed by atoms with Gasteiger partial charge in [0.15, 0.2) is 6.10 Å². The van der Waals surface area contributed by atoms with Crippen LogP contribution in [0, 0.1) is 11.8 Å². The van der Waals surface area contributed by atoms with Crippen LogP contribution in [0.1, 0.15) is 50.4 Å². The van der Waals surface area contributed by atoms with Crippen LogP contribution < -0.4 is 5.32 Å². The van der Waals surface area contributed by atoms with Gasteiger partial charge in [-0.05, 0) is 43.4 Å². The number of carbonyl (C=O) groups is 2. The highest BCUT2D eigenvalue weighted by Crippen LogP contribution is 2.29. The summed E-state index contributed by atoms with van der Waals surface area (Å²) in [5, 5.41) is 3.48. The molecule has 0 unspecified atom stereocenters. The molecule has 4 nitrogen and oxygen atoms in total. The third-order valence-corrected chi connectivity index (χ3v) is 4.98.